The van der Waals surface area contributed by atoms with Gasteiger partial charge in [0.2, 0.25) is 5.91 Å². The molecule has 0 aliphatic carbocycles. The molecule has 1 aromatic rings. The maximum Gasteiger partial charge on any atom is 0.220 e. The van der Waals surface area contributed by atoms with Crippen LogP contribution in [0.5, 0.6) is 0 Å². The van der Waals surface area contributed by atoms with Crippen molar-refractivity contribution in [2.75, 3.05) is 0 Å². The van der Waals surface area contributed by atoms with E-state index in [1.165, 1.54) is 13.1 Å². The predicted octanol–water partition coefficient (Wildman–Crippen LogP) is 0.220. The zero-order valence-electron chi connectivity index (χ0n) is 6.96. The Morgan fingerprint density at radius 2 is 2.42 bits per heavy atom. The van der Waals surface area contributed by atoms with Gasteiger partial charge in [-0.15, -0.1) is 0 Å². The minimum absolute atomic E-state index is 0.112. The number of H-pyrrole nitrogens is 1. The predicted molar refractivity (Wildman–Crippen MR) is 44.0 cm³/mol. The van der Waals surface area contributed by atoms with Crippen molar-refractivity contribution < 1.29 is 4.79 Å². The van der Waals surface area contributed by atoms with Crippen LogP contribution in [0.4, 0.5) is 0 Å². The largest absolute Gasteiger partial charge is 0.333 e. The Kier molecular flexibility index (Phi) is 2.57. The minimum atomic E-state index is -0.112. The highest BCUT2D eigenvalue weighted by molar-refractivity contribution is 5.74. The first-order valence-electron chi connectivity index (χ1n) is 3.51. The Morgan fingerprint density at radius 1 is 1.67 bits per heavy atom. The molecule has 0 aliphatic rings. The fourth-order valence-electron chi connectivity index (χ4n) is 0.668. The van der Waals surface area contributed by atoms with Crippen LogP contribution in [0, 0.1) is 6.92 Å². The van der Waals surface area contributed by atoms with Crippen molar-refractivity contribution in [3.63, 3.8) is 0 Å². The number of carbonyl (C=O) groups is 1. The maximum atomic E-state index is 10.4. The van der Waals surface area contributed by atoms with Crippen molar-refractivity contribution >= 4 is 12.0 Å². The van der Waals surface area contributed by atoms with Gasteiger partial charge < -0.3 is 5.32 Å². The van der Waals surface area contributed by atoms with Crippen LogP contribution in [0.15, 0.2) is 6.20 Å². The third-order valence-corrected chi connectivity index (χ3v) is 1.13. The zero-order chi connectivity index (χ0) is 8.97. The third-order valence-electron chi connectivity index (χ3n) is 1.13. The molecule has 0 bridgehead atoms. The second-order valence-electron chi connectivity index (χ2n) is 2.31. The van der Waals surface area contributed by atoms with E-state index in [9.17, 15) is 4.79 Å². The number of rotatable bonds is 2. The molecule has 1 amide bonds. The summed E-state index contributed by atoms with van der Waals surface area (Å²) in [6, 6.07) is 0. The molecule has 0 unspecified atom stereocenters. The number of carbonyl (C=O) groups excluding carboxylic acids is 1. The van der Waals surface area contributed by atoms with E-state index in [1.54, 1.807) is 6.08 Å². The van der Waals surface area contributed by atoms with Crippen LogP contribution < -0.4 is 5.32 Å². The summed E-state index contributed by atoms with van der Waals surface area (Å²) in [5, 5.41) is 9.01. The second-order valence-corrected chi connectivity index (χ2v) is 2.31. The van der Waals surface area contributed by atoms with Gasteiger partial charge in [-0.25, -0.2) is 4.98 Å². The lowest BCUT2D eigenvalue weighted by Crippen LogP contribution is -2.11. The van der Waals surface area contributed by atoms with Gasteiger partial charge in [0.15, 0.2) is 5.82 Å². The lowest BCUT2D eigenvalue weighted by Gasteiger charge is -1.87. The molecule has 5 heteroatoms. The average molecular weight is 166 g/mol. The maximum absolute atomic E-state index is 10.4. The molecule has 12 heavy (non-hydrogen) atoms. The van der Waals surface area contributed by atoms with Crippen molar-refractivity contribution in [1.29, 1.82) is 0 Å². The van der Waals surface area contributed by atoms with Gasteiger partial charge in [-0.3, -0.25) is 9.89 Å². The van der Waals surface area contributed by atoms with E-state index >= 15 is 0 Å². The molecular formula is C7H10N4O. The van der Waals surface area contributed by atoms with Gasteiger partial charge in [0.25, 0.3) is 0 Å². The van der Waals surface area contributed by atoms with Crippen LogP contribution in [0.25, 0.3) is 6.08 Å². The van der Waals surface area contributed by atoms with E-state index in [4.69, 9.17) is 0 Å². The van der Waals surface area contributed by atoms with Gasteiger partial charge in [-0.1, -0.05) is 0 Å². The molecule has 0 fully saturated rings. The number of aromatic nitrogens is 3. The topological polar surface area (TPSA) is 70.7 Å². The summed E-state index contributed by atoms with van der Waals surface area (Å²) < 4.78 is 0. The molecule has 5 nitrogen and oxygen atoms in total. The fraction of sp³-hybridized carbons (Fsp3) is 0.286. The lowest BCUT2D eigenvalue weighted by atomic mass is 10.5. The van der Waals surface area contributed by atoms with E-state index in [2.05, 4.69) is 20.5 Å². The molecule has 0 aliphatic heterocycles. The molecule has 0 radical (unpaired) electrons. The van der Waals surface area contributed by atoms with Gasteiger partial charge in [0.05, 0.1) is 0 Å². The Labute approximate surface area is 69.9 Å². The molecule has 0 saturated heterocycles. The number of hydrogen-bond acceptors (Lipinski definition) is 3. The summed E-state index contributed by atoms with van der Waals surface area (Å²) >= 11 is 0. The van der Waals surface area contributed by atoms with E-state index in [1.807, 2.05) is 6.92 Å². The molecule has 0 saturated carbocycles. The quantitative estimate of drug-likeness (QED) is 0.660. The van der Waals surface area contributed by atoms with Crippen molar-refractivity contribution in [3.05, 3.63) is 17.8 Å². The molecule has 0 aromatic carbocycles. The molecule has 1 rings (SSSR count). The highest BCUT2D eigenvalue weighted by Gasteiger charge is 1.92. The van der Waals surface area contributed by atoms with Gasteiger partial charge in [0, 0.05) is 19.2 Å². The van der Waals surface area contributed by atoms with Crippen LogP contribution in [-0.4, -0.2) is 21.1 Å². The Hall–Kier alpha value is -1.65. The summed E-state index contributed by atoms with van der Waals surface area (Å²) in [6.07, 6.45) is 3.12. The first-order valence-corrected chi connectivity index (χ1v) is 3.51. The van der Waals surface area contributed by atoms with Crippen molar-refractivity contribution in [3.8, 4) is 0 Å². The fourth-order valence-corrected chi connectivity index (χ4v) is 0.668. The van der Waals surface area contributed by atoms with Crippen LogP contribution in [0.3, 0.4) is 0 Å². The summed E-state index contributed by atoms with van der Waals surface area (Å²) in [5.74, 6) is 1.19. The van der Waals surface area contributed by atoms with E-state index in [-0.39, 0.29) is 5.91 Å². The molecule has 2 N–H and O–H groups in total. The molecule has 64 valence electrons. The van der Waals surface area contributed by atoms with Crippen molar-refractivity contribution in [1.82, 2.24) is 20.5 Å². The summed E-state index contributed by atoms with van der Waals surface area (Å²) in [4.78, 5) is 14.4. The Bertz CT molecular complexity index is 302. The third kappa shape index (κ3) is 2.53. The highest BCUT2D eigenvalue weighted by Crippen LogP contribution is 1.91. The van der Waals surface area contributed by atoms with E-state index in [0.717, 1.165) is 5.82 Å². The summed E-state index contributed by atoms with van der Waals surface area (Å²) in [6.45, 7) is 3.25. The normalized spacial score (nSPS) is 10.5. The number of nitrogens with zero attached hydrogens (tertiary/aromatic N) is 2. The van der Waals surface area contributed by atoms with Crippen LogP contribution in [-0.2, 0) is 4.79 Å². The van der Waals surface area contributed by atoms with Gasteiger partial charge in [-0.05, 0) is 6.92 Å². The van der Waals surface area contributed by atoms with Crippen LogP contribution in [0.1, 0.15) is 18.6 Å². The first kappa shape index (κ1) is 8.45. The molecule has 1 aromatic heterocycles. The van der Waals surface area contributed by atoms with Crippen LogP contribution >= 0.6 is 0 Å². The van der Waals surface area contributed by atoms with Crippen molar-refractivity contribution in [2.24, 2.45) is 0 Å². The standard InChI is InChI=1S/C7H10N4O/c1-5-9-7(11-10-5)3-4-8-6(2)12/h3-4H,1-2H3,(H,8,12)(H,9,10,11)/b4-3+. The second kappa shape index (κ2) is 3.66. The summed E-state index contributed by atoms with van der Waals surface area (Å²) in [5.41, 5.74) is 0. The number of aromatic amines is 1. The molecule has 1 heterocycles. The number of amides is 1. The van der Waals surface area contributed by atoms with Gasteiger partial charge >= 0.3 is 0 Å². The molecule has 0 spiro atoms. The average Bonchev–Trinajstić information content (AvgIpc) is 2.35. The van der Waals surface area contributed by atoms with Crippen molar-refractivity contribution in [2.45, 2.75) is 13.8 Å². The van der Waals surface area contributed by atoms with Crippen LogP contribution in [0.2, 0.25) is 0 Å². The smallest absolute Gasteiger partial charge is 0.220 e. The van der Waals surface area contributed by atoms with Gasteiger partial charge in [0.1, 0.15) is 5.82 Å². The number of aryl methyl sites for hydroxylation is 1. The van der Waals surface area contributed by atoms with Gasteiger partial charge in [-0.2, -0.15) is 5.10 Å². The number of hydrogen-bond donors (Lipinski definition) is 2. The monoisotopic (exact) mass is 166 g/mol. The minimum Gasteiger partial charge on any atom is -0.333 e. The lowest BCUT2D eigenvalue weighted by molar-refractivity contribution is -0.118. The first-order chi connectivity index (χ1) is 5.68. The Morgan fingerprint density at radius 3 is 2.92 bits per heavy atom. The van der Waals surface area contributed by atoms with E-state index in [0.29, 0.717) is 5.82 Å². The molecule has 0 atom stereocenters. The van der Waals surface area contributed by atoms with E-state index < -0.39 is 0 Å². The summed E-state index contributed by atoms with van der Waals surface area (Å²) in [7, 11) is 0. The SMILES string of the molecule is CC(=O)N/C=C/c1n[nH]c(C)n1. The highest BCUT2D eigenvalue weighted by atomic mass is 16.1. The molecular weight excluding hydrogens is 156 g/mol. The number of nitrogens with one attached hydrogen (secondary N) is 2. The zero-order valence-corrected chi connectivity index (χ0v) is 6.96. The Balaban J connectivity index is 2.52.